The second-order valence-electron chi connectivity index (χ2n) is 7.07. The molecule has 2 rings (SSSR count). The fourth-order valence-corrected chi connectivity index (χ4v) is 3.22. The summed E-state index contributed by atoms with van der Waals surface area (Å²) in [5.74, 6) is -1.26. The van der Waals surface area contributed by atoms with Crippen molar-refractivity contribution in [2.75, 3.05) is 19.6 Å². The molecule has 1 aliphatic rings. The minimum atomic E-state index is -1.01. The van der Waals surface area contributed by atoms with Crippen LogP contribution in [0.2, 0.25) is 0 Å². The van der Waals surface area contributed by atoms with E-state index < -0.39 is 5.97 Å². The molecule has 0 saturated carbocycles. The Balaban J connectivity index is 2.03. The summed E-state index contributed by atoms with van der Waals surface area (Å²) in [6.07, 6.45) is 0.445. The largest absolute Gasteiger partial charge is 0.480 e. The fraction of sp³-hybridized carbons (Fsp3) is 0.579. The normalized spacial score (nSPS) is 21.3. The van der Waals surface area contributed by atoms with Gasteiger partial charge in [0.25, 0.3) is 5.91 Å². The number of amides is 1. The Labute approximate surface area is 149 Å². The van der Waals surface area contributed by atoms with E-state index in [1.54, 1.807) is 12.1 Å². The first-order valence-electron chi connectivity index (χ1n) is 8.75. The third kappa shape index (κ3) is 5.54. The lowest BCUT2D eigenvalue weighted by Crippen LogP contribution is -2.44. The van der Waals surface area contributed by atoms with E-state index in [9.17, 15) is 9.59 Å². The van der Waals surface area contributed by atoms with Crippen LogP contribution in [0.4, 0.5) is 0 Å². The zero-order valence-corrected chi connectivity index (χ0v) is 15.4. The standard InChI is InChI=1S/C19H28N2O4/c1-13(2)21(12-18(22)23)19(24)17-7-5-16(6-8-17)11-20-9-14(3)25-15(4)10-20/h5-8,13-15H,9-12H2,1-4H3,(H,22,23). The van der Waals surface area contributed by atoms with Gasteiger partial charge in [-0.1, -0.05) is 12.1 Å². The highest BCUT2D eigenvalue weighted by molar-refractivity contribution is 5.96. The van der Waals surface area contributed by atoms with E-state index in [4.69, 9.17) is 9.84 Å². The first kappa shape index (κ1) is 19.4. The van der Waals surface area contributed by atoms with Gasteiger partial charge in [0.1, 0.15) is 6.54 Å². The van der Waals surface area contributed by atoms with Gasteiger partial charge in [-0.15, -0.1) is 0 Å². The number of hydrogen-bond acceptors (Lipinski definition) is 4. The van der Waals surface area contributed by atoms with Gasteiger partial charge < -0.3 is 14.7 Å². The molecule has 1 N–H and O–H groups in total. The van der Waals surface area contributed by atoms with Crippen molar-refractivity contribution in [2.45, 2.75) is 52.5 Å². The van der Waals surface area contributed by atoms with Crippen LogP contribution in [0.25, 0.3) is 0 Å². The topological polar surface area (TPSA) is 70.1 Å². The number of ether oxygens (including phenoxy) is 1. The maximum Gasteiger partial charge on any atom is 0.323 e. The van der Waals surface area contributed by atoms with Crippen LogP contribution in [0.1, 0.15) is 43.6 Å². The molecule has 0 aliphatic carbocycles. The molecule has 0 bridgehead atoms. The van der Waals surface area contributed by atoms with Crippen LogP contribution in [0.15, 0.2) is 24.3 Å². The zero-order chi connectivity index (χ0) is 18.6. The smallest absolute Gasteiger partial charge is 0.323 e. The summed E-state index contributed by atoms with van der Waals surface area (Å²) in [5.41, 5.74) is 1.65. The molecule has 1 fully saturated rings. The van der Waals surface area contributed by atoms with Crippen LogP contribution in [0.3, 0.4) is 0 Å². The average molecular weight is 348 g/mol. The number of carboxylic acid groups (broad SMARTS) is 1. The predicted octanol–water partition coefficient (Wildman–Crippen LogP) is 2.23. The van der Waals surface area contributed by atoms with Gasteiger partial charge >= 0.3 is 5.97 Å². The van der Waals surface area contributed by atoms with Gasteiger partial charge in [0.05, 0.1) is 12.2 Å². The molecule has 138 valence electrons. The molecular weight excluding hydrogens is 320 g/mol. The number of aliphatic carboxylic acids is 1. The number of carbonyl (C=O) groups excluding carboxylic acids is 1. The minimum Gasteiger partial charge on any atom is -0.480 e. The molecule has 1 saturated heterocycles. The number of carboxylic acids is 1. The van der Waals surface area contributed by atoms with Crippen LogP contribution in [-0.4, -0.2) is 64.7 Å². The molecule has 0 spiro atoms. The number of morpholine rings is 1. The average Bonchev–Trinajstić information content (AvgIpc) is 2.51. The monoisotopic (exact) mass is 348 g/mol. The van der Waals surface area contributed by atoms with Gasteiger partial charge in [-0.25, -0.2) is 0 Å². The van der Waals surface area contributed by atoms with Crippen LogP contribution in [0, 0.1) is 0 Å². The Bertz CT molecular complexity index is 590. The Morgan fingerprint density at radius 3 is 2.24 bits per heavy atom. The predicted molar refractivity (Wildman–Crippen MR) is 95.5 cm³/mol. The summed E-state index contributed by atoms with van der Waals surface area (Å²) in [4.78, 5) is 27.2. The Kier molecular flexibility index (Phi) is 6.56. The van der Waals surface area contributed by atoms with E-state index in [-0.39, 0.29) is 30.7 Å². The Morgan fingerprint density at radius 1 is 1.20 bits per heavy atom. The number of rotatable bonds is 6. The molecule has 0 aromatic heterocycles. The summed E-state index contributed by atoms with van der Waals surface area (Å²) in [5, 5.41) is 8.99. The van der Waals surface area contributed by atoms with Gasteiger partial charge in [0, 0.05) is 31.2 Å². The zero-order valence-electron chi connectivity index (χ0n) is 15.4. The summed E-state index contributed by atoms with van der Waals surface area (Å²) in [6.45, 7) is 10.1. The summed E-state index contributed by atoms with van der Waals surface area (Å²) < 4.78 is 5.75. The SMILES string of the molecule is CC1CN(Cc2ccc(C(=O)N(CC(=O)O)C(C)C)cc2)CC(C)O1. The third-order valence-corrected chi connectivity index (χ3v) is 4.29. The second-order valence-corrected chi connectivity index (χ2v) is 7.07. The van der Waals surface area contributed by atoms with Crippen molar-refractivity contribution in [1.29, 1.82) is 0 Å². The van der Waals surface area contributed by atoms with Gasteiger partial charge in [0.15, 0.2) is 0 Å². The molecule has 25 heavy (non-hydrogen) atoms. The first-order valence-corrected chi connectivity index (χ1v) is 8.75. The van der Waals surface area contributed by atoms with Crippen molar-refractivity contribution in [2.24, 2.45) is 0 Å². The summed E-state index contributed by atoms with van der Waals surface area (Å²) >= 11 is 0. The molecule has 0 radical (unpaired) electrons. The molecule has 1 amide bonds. The van der Waals surface area contributed by atoms with E-state index >= 15 is 0 Å². The van der Waals surface area contributed by atoms with Crippen molar-refractivity contribution in [3.63, 3.8) is 0 Å². The first-order chi connectivity index (χ1) is 11.8. The molecule has 6 heteroatoms. The number of benzene rings is 1. The molecule has 1 aliphatic heterocycles. The van der Waals surface area contributed by atoms with Crippen molar-refractivity contribution in [3.8, 4) is 0 Å². The van der Waals surface area contributed by atoms with E-state index in [0.29, 0.717) is 5.56 Å². The molecule has 6 nitrogen and oxygen atoms in total. The lowest BCUT2D eigenvalue weighted by Gasteiger charge is -2.35. The number of nitrogens with zero attached hydrogens (tertiary/aromatic N) is 2. The van der Waals surface area contributed by atoms with Gasteiger partial charge in [-0.3, -0.25) is 14.5 Å². The van der Waals surface area contributed by atoms with Crippen molar-refractivity contribution < 1.29 is 19.4 Å². The van der Waals surface area contributed by atoms with Crippen LogP contribution >= 0.6 is 0 Å². The molecular formula is C19H28N2O4. The van der Waals surface area contributed by atoms with E-state index in [1.807, 2.05) is 26.0 Å². The van der Waals surface area contributed by atoms with Gasteiger partial charge in [-0.2, -0.15) is 0 Å². The lowest BCUT2D eigenvalue weighted by atomic mass is 10.1. The van der Waals surface area contributed by atoms with Crippen LogP contribution in [-0.2, 0) is 16.1 Å². The molecule has 1 heterocycles. The molecule has 2 unspecified atom stereocenters. The van der Waals surface area contributed by atoms with Gasteiger partial charge in [-0.05, 0) is 45.4 Å². The molecule has 2 atom stereocenters. The lowest BCUT2D eigenvalue weighted by molar-refractivity contribution is -0.138. The maximum absolute atomic E-state index is 12.5. The number of carbonyl (C=O) groups is 2. The minimum absolute atomic E-state index is 0.167. The van der Waals surface area contributed by atoms with Crippen LogP contribution < -0.4 is 0 Å². The van der Waals surface area contributed by atoms with Crippen LogP contribution in [0.5, 0.6) is 0 Å². The van der Waals surface area contributed by atoms with E-state index in [2.05, 4.69) is 18.7 Å². The summed E-state index contributed by atoms with van der Waals surface area (Å²) in [7, 11) is 0. The quantitative estimate of drug-likeness (QED) is 0.854. The highest BCUT2D eigenvalue weighted by atomic mass is 16.5. The maximum atomic E-state index is 12.5. The Morgan fingerprint density at radius 2 is 1.76 bits per heavy atom. The van der Waals surface area contributed by atoms with E-state index in [0.717, 1.165) is 25.2 Å². The fourth-order valence-electron chi connectivity index (χ4n) is 3.22. The highest BCUT2D eigenvalue weighted by Gasteiger charge is 2.23. The molecule has 1 aromatic rings. The summed E-state index contributed by atoms with van der Waals surface area (Å²) in [6, 6.07) is 7.28. The van der Waals surface area contributed by atoms with E-state index in [1.165, 1.54) is 4.90 Å². The van der Waals surface area contributed by atoms with Crippen molar-refractivity contribution >= 4 is 11.9 Å². The number of hydrogen-bond donors (Lipinski definition) is 1. The highest BCUT2D eigenvalue weighted by Crippen LogP contribution is 2.16. The van der Waals surface area contributed by atoms with Crippen molar-refractivity contribution in [3.05, 3.63) is 35.4 Å². The second kappa shape index (κ2) is 8.45. The molecule has 1 aromatic carbocycles. The third-order valence-electron chi connectivity index (χ3n) is 4.29. The van der Waals surface area contributed by atoms with Crippen molar-refractivity contribution in [1.82, 2.24) is 9.80 Å². The Hall–Kier alpha value is -1.92. The van der Waals surface area contributed by atoms with Gasteiger partial charge in [0.2, 0.25) is 0 Å².